The van der Waals surface area contributed by atoms with Crippen LogP contribution in [0.4, 0.5) is 8.78 Å². The number of aromatic nitrogens is 3. The molecule has 130 valence electrons. The molecule has 0 fully saturated rings. The highest BCUT2D eigenvalue weighted by atomic mass is 35.5. The van der Waals surface area contributed by atoms with Crippen LogP contribution < -0.4 is 4.74 Å². The summed E-state index contributed by atoms with van der Waals surface area (Å²) < 4.78 is 34.0. The summed E-state index contributed by atoms with van der Waals surface area (Å²) in [5, 5.41) is 9.16. The summed E-state index contributed by atoms with van der Waals surface area (Å²) in [6, 6.07) is 10.3. The minimum atomic E-state index is -0.345. The molecule has 0 aliphatic carbocycles. The summed E-state index contributed by atoms with van der Waals surface area (Å²) in [4.78, 5) is 0. The maximum Gasteiger partial charge on any atom is 0.191 e. The van der Waals surface area contributed by atoms with E-state index in [0.29, 0.717) is 33.1 Å². The van der Waals surface area contributed by atoms with Crippen molar-refractivity contribution >= 4 is 23.4 Å². The van der Waals surface area contributed by atoms with E-state index in [1.165, 1.54) is 30.0 Å². The van der Waals surface area contributed by atoms with E-state index in [9.17, 15) is 8.78 Å². The van der Waals surface area contributed by atoms with Crippen molar-refractivity contribution in [3.63, 3.8) is 0 Å². The Hall–Kier alpha value is -2.12. The third-order valence-corrected chi connectivity index (χ3v) is 4.91. The molecule has 0 saturated carbocycles. The van der Waals surface area contributed by atoms with Gasteiger partial charge in [0.25, 0.3) is 0 Å². The first kappa shape index (κ1) is 17.7. The van der Waals surface area contributed by atoms with E-state index in [4.69, 9.17) is 16.3 Å². The molecular weight excluding hydrogens is 368 g/mol. The largest absolute Gasteiger partial charge is 0.486 e. The predicted octanol–water partition coefficient (Wildman–Crippen LogP) is 4.62. The molecule has 1 aromatic heterocycles. The van der Waals surface area contributed by atoms with Gasteiger partial charge in [-0.15, -0.1) is 10.2 Å². The first-order valence-electron chi connectivity index (χ1n) is 7.37. The van der Waals surface area contributed by atoms with Gasteiger partial charge in [0, 0.05) is 23.4 Å². The number of benzene rings is 2. The molecule has 0 radical (unpaired) electrons. The minimum Gasteiger partial charge on any atom is -0.486 e. The van der Waals surface area contributed by atoms with Crippen LogP contribution in [0.25, 0.3) is 0 Å². The summed E-state index contributed by atoms with van der Waals surface area (Å²) in [5.41, 5.74) is 0.432. The lowest BCUT2D eigenvalue weighted by Crippen LogP contribution is -2.04. The van der Waals surface area contributed by atoms with E-state index in [2.05, 4.69) is 10.2 Å². The standard InChI is InChI=1S/C17H14ClF2N3OS/c1-23-16(9-24-12-7-5-11(19)6-8-12)21-22-17(23)25-10-13-14(18)3-2-4-15(13)20/h2-8H,9-10H2,1H3. The zero-order chi connectivity index (χ0) is 17.8. The van der Waals surface area contributed by atoms with Gasteiger partial charge in [-0.3, -0.25) is 0 Å². The maximum atomic E-state index is 13.8. The van der Waals surface area contributed by atoms with Crippen molar-refractivity contribution in [2.75, 3.05) is 0 Å². The van der Waals surface area contributed by atoms with Crippen molar-refractivity contribution in [3.8, 4) is 5.75 Å². The molecule has 3 aromatic rings. The van der Waals surface area contributed by atoms with Gasteiger partial charge in [0.05, 0.1) is 0 Å². The monoisotopic (exact) mass is 381 g/mol. The van der Waals surface area contributed by atoms with Crippen LogP contribution in [0, 0.1) is 11.6 Å². The van der Waals surface area contributed by atoms with Crippen LogP contribution in [-0.2, 0) is 19.4 Å². The van der Waals surface area contributed by atoms with Crippen LogP contribution >= 0.6 is 23.4 Å². The Bertz CT molecular complexity index is 851. The van der Waals surface area contributed by atoms with Gasteiger partial charge in [-0.1, -0.05) is 29.4 Å². The van der Waals surface area contributed by atoms with Crippen molar-refractivity contribution in [1.82, 2.24) is 14.8 Å². The molecule has 3 rings (SSSR count). The Morgan fingerprint density at radius 1 is 1.12 bits per heavy atom. The molecule has 0 saturated heterocycles. The van der Waals surface area contributed by atoms with Crippen molar-refractivity contribution in [3.05, 3.63) is 70.5 Å². The van der Waals surface area contributed by atoms with Crippen molar-refractivity contribution in [1.29, 1.82) is 0 Å². The van der Waals surface area contributed by atoms with E-state index in [0.717, 1.165) is 0 Å². The molecule has 2 aromatic carbocycles. The fraction of sp³-hybridized carbons (Fsp3) is 0.176. The second kappa shape index (κ2) is 7.84. The van der Waals surface area contributed by atoms with Crippen LogP contribution in [0.2, 0.25) is 5.02 Å². The van der Waals surface area contributed by atoms with Gasteiger partial charge in [-0.25, -0.2) is 8.78 Å². The van der Waals surface area contributed by atoms with Gasteiger partial charge in [0.15, 0.2) is 11.0 Å². The normalized spacial score (nSPS) is 10.9. The molecule has 0 bridgehead atoms. The second-order valence-electron chi connectivity index (χ2n) is 5.19. The van der Waals surface area contributed by atoms with E-state index in [-0.39, 0.29) is 18.2 Å². The van der Waals surface area contributed by atoms with Crippen molar-refractivity contribution in [2.24, 2.45) is 7.05 Å². The molecule has 0 aliphatic heterocycles. The highest BCUT2D eigenvalue weighted by molar-refractivity contribution is 7.98. The molecule has 4 nitrogen and oxygen atoms in total. The number of nitrogens with zero attached hydrogens (tertiary/aromatic N) is 3. The van der Waals surface area contributed by atoms with E-state index in [1.54, 1.807) is 35.9 Å². The zero-order valence-corrected chi connectivity index (χ0v) is 14.8. The number of rotatable bonds is 6. The fourth-order valence-electron chi connectivity index (χ4n) is 2.08. The van der Waals surface area contributed by atoms with Crippen molar-refractivity contribution in [2.45, 2.75) is 17.5 Å². The third kappa shape index (κ3) is 4.29. The number of hydrogen-bond acceptors (Lipinski definition) is 4. The highest BCUT2D eigenvalue weighted by Crippen LogP contribution is 2.27. The lowest BCUT2D eigenvalue weighted by Gasteiger charge is -2.07. The molecule has 25 heavy (non-hydrogen) atoms. The predicted molar refractivity (Wildman–Crippen MR) is 92.7 cm³/mol. The Balaban J connectivity index is 1.64. The number of ether oxygens (including phenoxy) is 1. The Kier molecular flexibility index (Phi) is 5.55. The smallest absolute Gasteiger partial charge is 0.191 e. The van der Waals surface area contributed by atoms with Crippen LogP contribution in [0.3, 0.4) is 0 Å². The molecule has 1 heterocycles. The SMILES string of the molecule is Cn1c(COc2ccc(F)cc2)nnc1SCc1c(F)cccc1Cl. The summed E-state index contributed by atoms with van der Waals surface area (Å²) in [7, 11) is 1.80. The summed E-state index contributed by atoms with van der Waals surface area (Å²) >= 11 is 7.36. The maximum absolute atomic E-state index is 13.8. The Labute approximate surface area is 152 Å². The van der Waals surface area contributed by atoms with Gasteiger partial charge in [0.1, 0.15) is 24.0 Å². The molecule has 0 spiro atoms. The van der Waals surface area contributed by atoms with Gasteiger partial charge in [-0.2, -0.15) is 0 Å². The van der Waals surface area contributed by atoms with Gasteiger partial charge in [0.2, 0.25) is 0 Å². The lowest BCUT2D eigenvalue weighted by molar-refractivity contribution is 0.290. The Morgan fingerprint density at radius 2 is 1.88 bits per heavy atom. The van der Waals surface area contributed by atoms with Gasteiger partial charge < -0.3 is 9.30 Å². The van der Waals surface area contributed by atoms with Crippen LogP contribution in [0.15, 0.2) is 47.6 Å². The molecule has 0 aliphatic rings. The number of hydrogen-bond donors (Lipinski definition) is 0. The molecule has 0 atom stereocenters. The lowest BCUT2D eigenvalue weighted by atomic mass is 10.2. The average molecular weight is 382 g/mol. The van der Waals surface area contributed by atoms with Crippen LogP contribution in [0.5, 0.6) is 5.75 Å². The molecule has 8 heteroatoms. The fourth-order valence-corrected chi connectivity index (χ4v) is 3.36. The summed E-state index contributed by atoms with van der Waals surface area (Å²) in [5.74, 6) is 0.817. The molecular formula is C17H14ClF2N3OS. The molecule has 0 unspecified atom stereocenters. The minimum absolute atomic E-state index is 0.191. The van der Waals surface area contributed by atoms with E-state index in [1.807, 2.05) is 0 Å². The second-order valence-corrected chi connectivity index (χ2v) is 6.54. The highest BCUT2D eigenvalue weighted by Gasteiger charge is 2.13. The first-order valence-corrected chi connectivity index (χ1v) is 8.73. The van der Waals surface area contributed by atoms with Crippen LogP contribution in [-0.4, -0.2) is 14.8 Å². The average Bonchev–Trinajstić information content (AvgIpc) is 2.94. The number of thioether (sulfide) groups is 1. The Morgan fingerprint density at radius 3 is 2.60 bits per heavy atom. The van der Waals surface area contributed by atoms with Crippen LogP contribution in [0.1, 0.15) is 11.4 Å². The number of halogens is 3. The quantitative estimate of drug-likeness (QED) is 0.584. The third-order valence-electron chi connectivity index (χ3n) is 3.51. The molecule has 0 N–H and O–H groups in total. The van der Waals surface area contributed by atoms with Gasteiger partial charge >= 0.3 is 0 Å². The van der Waals surface area contributed by atoms with E-state index >= 15 is 0 Å². The van der Waals surface area contributed by atoms with Gasteiger partial charge in [-0.05, 0) is 36.4 Å². The van der Waals surface area contributed by atoms with E-state index < -0.39 is 0 Å². The summed E-state index contributed by atoms with van der Waals surface area (Å²) in [6.45, 7) is 0.191. The zero-order valence-electron chi connectivity index (χ0n) is 13.2. The summed E-state index contributed by atoms with van der Waals surface area (Å²) in [6.07, 6.45) is 0. The van der Waals surface area contributed by atoms with Crippen molar-refractivity contribution < 1.29 is 13.5 Å². The topological polar surface area (TPSA) is 39.9 Å². The molecule has 0 amide bonds. The first-order chi connectivity index (χ1) is 12.0.